The van der Waals surface area contributed by atoms with Crippen LogP contribution >= 0.6 is 12.4 Å². The standard InChI is InChI=1S/C8H15NO2.ClH/c10-4-3-9-5-7-1-2-8(6-9)11-7;/h7-8,10H,1-6H2;1H. The highest BCUT2D eigenvalue weighted by Gasteiger charge is 2.32. The Morgan fingerprint density at radius 1 is 1.25 bits per heavy atom. The second kappa shape index (κ2) is 4.42. The zero-order chi connectivity index (χ0) is 7.68. The summed E-state index contributed by atoms with van der Waals surface area (Å²) in [7, 11) is 0. The fourth-order valence-corrected chi connectivity index (χ4v) is 2.02. The van der Waals surface area contributed by atoms with Crippen molar-refractivity contribution in [3.63, 3.8) is 0 Å². The first-order valence-corrected chi connectivity index (χ1v) is 4.37. The normalized spacial score (nSPS) is 34.8. The van der Waals surface area contributed by atoms with Crippen LogP contribution in [0.15, 0.2) is 0 Å². The molecule has 0 radical (unpaired) electrons. The summed E-state index contributed by atoms with van der Waals surface area (Å²) in [6.07, 6.45) is 3.35. The number of halogens is 1. The van der Waals surface area contributed by atoms with Gasteiger partial charge in [0.1, 0.15) is 0 Å². The van der Waals surface area contributed by atoms with Gasteiger partial charge in [0.25, 0.3) is 0 Å². The van der Waals surface area contributed by atoms with Crippen LogP contribution in [0.4, 0.5) is 0 Å². The van der Waals surface area contributed by atoms with E-state index in [2.05, 4.69) is 4.90 Å². The maximum Gasteiger partial charge on any atom is 0.0707 e. The van der Waals surface area contributed by atoms with Crippen LogP contribution in [-0.2, 0) is 4.74 Å². The van der Waals surface area contributed by atoms with E-state index in [9.17, 15) is 0 Å². The van der Waals surface area contributed by atoms with Gasteiger partial charge in [-0.25, -0.2) is 0 Å². The van der Waals surface area contributed by atoms with Crippen LogP contribution in [0.3, 0.4) is 0 Å². The Labute approximate surface area is 79.1 Å². The van der Waals surface area contributed by atoms with E-state index in [1.165, 1.54) is 12.8 Å². The van der Waals surface area contributed by atoms with Gasteiger partial charge in [-0.15, -0.1) is 12.4 Å². The lowest BCUT2D eigenvalue weighted by Gasteiger charge is -2.31. The fourth-order valence-electron chi connectivity index (χ4n) is 2.02. The molecular weight excluding hydrogens is 178 g/mol. The lowest BCUT2D eigenvalue weighted by molar-refractivity contribution is -0.0417. The number of aliphatic hydroxyl groups excluding tert-OH is 1. The number of ether oxygens (including phenoxy) is 1. The van der Waals surface area contributed by atoms with Crippen LogP contribution in [0.5, 0.6) is 0 Å². The number of morpholine rings is 1. The zero-order valence-corrected chi connectivity index (χ0v) is 7.92. The van der Waals surface area contributed by atoms with Crippen molar-refractivity contribution in [2.75, 3.05) is 26.2 Å². The smallest absolute Gasteiger partial charge is 0.0707 e. The molecule has 2 aliphatic heterocycles. The minimum atomic E-state index is 0. The van der Waals surface area contributed by atoms with Crippen molar-refractivity contribution >= 4 is 12.4 Å². The molecule has 4 heteroatoms. The van der Waals surface area contributed by atoms with Crippen molar-refractivity contribution in [1.29, 1.82) is 0 Å². The van der Waals surface area contributed by atoms with E-state index in [0.29, 0.717) is 12.2 Å². The topological polar surface area (TPSA) is 32.7 Å². The molecule has 2 rings (SSSR count). The highest BCUT2D eigenvalue weighted by atomic mass is 35.5. The van der Waals surface area contributed by atoms with Gasteiger partial charge < -0.3 is 9.84 Å². The molecule has 0 aromatic carbocycles. The number of hydrogen-bond donors (Lipinski definition) is 1. The SMILES string of the molecule is Cl.OCCN1CC2CCC(C1)O2. The van der Waals surface area contributed by atoms with Gasteiger partial charge in [0.15, 0.2) is 0 Å². The molecule has 2 atom stereocenters. The van der Waals surface area contributed by atoms with Crippen LogP contribution < -0.4 is 0 Å². The summed E-state index contributed by atoms with van der Waals surface area (Å²) in [5.74, 6) is 0. The van der Waals surface area contributed by atoms with Gasteiger partial charge in [0, 0.05) is 19.6 Å². The molecule has 0 aliphatic carbocycles. The van der Waals surface area contributed by atoms with E-state index >= 15 is 0 Å². The summed E-state index contributed by atoms with van der Waals surface area (Å²) in [6, 6.07) is 0. The maximum atomic E-state index is 8.73. The molecule has 0 spiro atoms. The average Bonchev–Trinajstić information content (AvgIpc) is 2.32. The van der Waals surface area contributed by atoms with E-state index in [0.717, 1.165) is 19.6 Å². The number of fused-ring (bicyclic) bond motifs is 2. The molecule has 3 nitrogen and oxygen atoms in total. The van der Waals surface area contributed by atoms with Gasteiger partial charge in [-0.05, 0) is 12.8 Å². The van der Waals surface area contributed by atoms with E-state index < -0.39 is 0 Å². The lowest BCUT2D eigenvalue weighted by atomic mass is 10.2. The first kappa shape index (κ1) is 10.3. The van der Waals surface area contributed by atoms with Crippen molar-refractivity contribution in [2.24, 2.45) is 0 Å². The average molecular weight is 194 g/mol. The largest absolute Gasteiger partial charge is 0.395 e. The Bertz CT molecular complexity index is 133. The first-order chi connectivity index (χ1) is 5.38. The predicted molar refractivity (Wildman–Crippen MR) is 48.7 cm³/mol. The minimum absolute atomic E-state index is 0. The fraction of sp³-hybridized carbons (Fsp3) is 1.00. The van der Waals surface area contributed by atoms with Crippen molar-refractivity contribution in [3.8, 4) is 0 Å². The summed E-state index contributed by atoms with van der Waals surface area (Å²) in [4.78, 5) is 2.30. The Balaban J connectivity index is 0.000000720. The van der Waals surface area contributed by atoms with Crippen LogP contribution in [0.2, 0.25) is 0 Å². The quantitative estimate of drug-likeness (QED) is 0.683. The van der Waals surface area contributed by atoms with E-state index in [-0.39, 0.29) is 19.0 Å². The van der Waals surface area contributed by atoms with E-state index in [1.807, 2.05) is 0 Å². The second-order valence-corrected chi connectivity index (χ2v) is 3.44. The summed E-state index contributed by atoms with van der Waals surface area (Å²) in [5.41, 5.74) is 0. The van der Waals surface area contributed by atoms with Crippen molar-refractivity contribution in [1.82, 2.24) is 4.90 Å². The second-order valence-electron chi connectivity index (χ2n) is 3.44. The van der Waals surface area contributed by atoms with E-state index in [1.54, 1.807) is 0 Å². The molecule has 72 valence electrons. The Morgan fingerprint density at radius 3 is 2.33 bits per heavy atom. The molecule has 1 N–H and O–H groups in total. The molecule has 0 aromatic heterocycles. The number of β-amino-alcohol motifs (C(OH)–C–C–N with tert-alkyl or cyclic N) is 1. The van der Waals surface area contributed by atoms with Crippen molar-refractivity contribution in [3.05, 3.63) is 0 Å². The molecule has 0 saturated carbocycles. The Kier molecular flexibility index (Phi) is 3.77. The van der Waals surface area contributed by atoms with Gasteiger partial charge in [0.2, 0.25) is 0 Å². The molecule has 2 unspecified atom stereocenters. The van der Waals surface area contributed by atoms with Crippen molar-refractivity contribution in [2.45, 2.75) is 25.0 Å². The molecule has 2 aliphatic rings. The number of nitrogens with zero attached hydrogens (tertiary/aromatic N) is 1. The highest BCUT2D eigenvalue weighted by molar-refractivity contribution is 5.85. The predicted octanol–water partition coefficient (Wildman–Crippen LogP) is 0.264. The summed E-state index contributed by atoms with van der Waals surface area (Å²) >= 11 is 0. The maximum absolute atomic E-state index is 8.73. The Hall–Kier alpha value is 0.170. The summed E-state index contributed by atoms with van der Waals surface area (Å²) in [6.45, 7) is 3.14. The molecule has 0 amide bonds. The molecule has 12 heavy (non-hydrogen) atoms. The summed E-state index contributed by atoms with van der Waals surface area (Å²) < 4.78 is 5.65. The molecule has 0 aromatic rings. The van der Waals surface area contributed by atoms with Crippen LogP contribution in [-0.4, -0.2) is 48.5 Å². The number of hydrogen-bond acceptors (Lipinski definition) is 3. The summed E-state index contributed by atoms with van der Waals surface area (Å²) in [5, 5.41) is 8.73. The highest BCUT2D eigenvalue weighted by Crippen LogP contribution is 2.25. The van der Waals surface area contributed by atoms with Crippen LogP contribution in [0.25, 0.3) is 0 Å². The molecule has 2 fully saturated rings. The molecule has 2 bridgehead atoms. The lowest BCUT2D eigenvalue weighted by Crippen LogP contribution is -2.43. The third kappa shape index (κ3) is 2.10. The third-order valence-electron chi connectivity index (χ3n) is 2.54. The first-order valence-electron chi connectivity index (χ1n) is 4.37. The number of rotatable bonds is 2. The molecular formula is C8H16ClNO2. The Morgan fingerprint density at radius 2 is 1.83 bits per heavy atom. The molecule has 2 saturated heterocycles. The zero-order valence-electron chi connectivity index (χ0n) is 7.11. The number of likely N-dealkylation sites (tertiary alicyclic amines) is 1. The van der Waals surface area contributed by atoms with Gasteiger partial charge >= 0.3 is 0 Å². The van der Waals surface area contributed by atoms with Crippen molar-refractivity contribution < 1.29 is 9.84 Å². The third-order valence-corrected chi connectivity index (χ3v) is 2.54. The van der Waals surface area contributed by atoms with Crippen LogP contribution in [0.1, 0.15) is 12.8 Å². The van der Waals surface area contributed by atoms with Gasteiger partial charge in [-0.3, -0.25) is 4.90 Å². The van der Waals surface area contributed by atoms with Gasteiger partial charge in [0.05, 0.1) is 18.8 Å². The van der Waals surface area contributed by atoms with Crippen LogP contribution in [0, 0.1) is 0 Å². The number of aliphatic hydroxyl groups is 1. The monoisotopic (exact) mass is 193 g/mol. The van der Waals surface area contributed by atoms with Gasteiger partial charge in [-0.2, -0.15) is 0 Å². The minimum Gasteiger partial charge on any atom is -0.395 e. The van der Waals surface area contributed by atoms with Gasteiger partial charge in [-0.1, -0.05) is 0 Å². The molecule has 2 heterocycles. The van der Waals surface area contributed by atoms with E-state index in [4.69, 9.17) is 9.84 Å².